The number of hydrogen-bond donors (Lipinski definition) is 0. The lowest BCUT2D eigenvalue weighted by molar-refractivity contribution is -0.139. The molecule has 25 heavy (non-hydrogen) atoms. The number of anilines is 1. The average molecular weight is 342 g/mol. The Balaban J connectivity index is 1.53. The fourth-order valence-corrected chi connectivity index (χ4v) is 4.68. The van der Waals surface area contributed by atoms with Crippen molar-refractivity contribution in [2.24, 2.45) is 5.92 Å². The molecule has 4 heteroatoms. The van der Waals surface area contributed by atoms with Crippen molar-refractivity contribution in [3.63, 3.8) is 0 Å². The molecule has 3 aliphatic rings. The van der Waals surface area contributed by atoms with Gasteiger partial charge in [-0.25, -0.2) is 0 Å². The van der Waals surface area contributed by atoms with Crippen LogP contribution < -0.4 is 4.90 Å². The van der Waals surface area contributed by atoms with Crippen molar-refractivity contribution in [3.05, 3.63) is 29.8 Å². The zero-order valence-corrected chi connectivity index (χ0v) is 15.5. The number of benzene rings is 1. The Hall–Kier alpha value is -1.55. The first-order valence-electron chi connectivity index (χ1n) is 9.84. The quantitative estimate of drug-likeness (QED) is 0.842. The van der Waals surface area contributed by atoms with Crippen LogP contribution in [0.4, 0.5) is 5.69 Å². The lowest BCUT2D eigenvalue weighted by Gasteiger charge is -2.25. The molecular weight excluding hydrogens is 312 g/mol. The Morgan fingerprint density at radius 2 is 2.04 bits per heavy atom. The molecule has 0 unspecified atom stereocenters. The fourth-order valence-electron chi connectivity index (χ4n) is 4.68. The molecule has 0 aromatic heterocycles. The number of hydrogen-bond acceptors (Lipinski definition) is 3. The van der Waals surface area contributed by atoms with E-state index in [4.69, 9.17) is 4.74 Å². The van der Waals surface area contributed by atoms with Crippen LogP contribution in [0.2, 0.25) is 0 Å². The summed E-state index contributed by atoms with van der Waals surface area (Å²) in [4.78, 5) is 17.3. The van der Waals surface area contributed by atoms with Gasteiger partial charge in [-0.15, -0.1) is 0 Å². The molecule has 2 fully saturated rings. The van der Waals surface area contributed by atoms with E-state index in [0.29, 0.717) is 12.5 Å². The van der Waals surface area contributed by atoms with Gasteiger partial charge in [0.1, 0.15) is 6.10 Å². The van der Waals surface area contributed by atoms with E-state index in [1.165, 1.54) is 17.7 Å². The van der Waals surface area contributed by atoms with Gasteiger partial charge in [0.05, 0.1) is 6.61 Å². The molecule has 136 valence electrons. The molecule has 4 rings (SSSR count). The number of fused-ring (bicyclic) bond motifs is 2. The summed E-state index contributed by atoms with van der Waals surface area (Å²) in [5.74, 6) is 0.917. The molecule has 1 amide bonds. The number of rotatable bonds is 4. The number of likely N-dealkylation sites (tertiary alicyclic amines) is 1. The lowest BCUT2D eigenvalue weighted by Crippen LogP contribution is -2.39. The van der Waals surface area contributed by atoms with Gasteiger partial charge >= 0.3 is 0 Å². The molecule has 3 heterocycles. The highest BCUT2D eigenvalue weighted by molar-refractivity contribution is 5.82. The first kappa shape index (κ1) is 16.9. The van der Waals surface area contributed by atoms with Crippen molar-refractivity contribution in [1.82, 2.24) is 4.90 Å². The highest BCUT2D eigenvalue weighted by atomic mass is 16.5. The highest BCUT2D eigenvalue weighted by Gasteiger charge is 2.50. The maximum Gasteiger partial charge on any atom is 0.251 e. The van der Waals surface area contributed by atoms with E-state index >= 15 is 0 Å². The number of amides is 1. The molecule has 4 nitrogen and oxygen atoms in total. The maximum absolute atomic E-state index is 12.8. The van der Waals surface area contributed by atoms with Crippen LogP contribution in [-0.2, 0) is 14.9 Å². The minimum atomic E-state index is -0.254. The zero-order chi connectivity index (χ0) is 17.4. The van der Waals surface area contributed by atoms with E-state index in [-0.39, 0.29) is 17.4 Å². The van der Waals surface area contributed by atoms with Gasteiger partial charge in [-0.1, -0.05) is 32.0 Å². The maximum atomic E-state index is 12.8. The van der Waals surface area contributed by atoms with E-state index in [1.807, 2.05) is 4.90 Å². The zero-order valence-electron chi connectivity index (χ0n) is 15.5. The Morgan fingerprint density at radius 1 is 1.28 bits per heavy atom. The molecule has 0 N–H and O–H groups in total. The van der Waals surface area contributed by atoms with E-state index in [1.54, 1.807) is 0 Å². The number of ether oxygens (including phenoxy) is 1. The second-order valence-electron chi connectivity index (χ2n) is 8.44. The minimum absolute atomic E-state index is 0.00633. The van der Waals surface area contributed by atoms with Crippen LogP contribution in [0.5, 0.6) is 0 Å². The fraction of sp³-hybridized carbons (Fsp3) is 0.667. The molecular formula is C21H30N2O2. The van der Waals surface area contributed by atoms with Gasteiger partial charge in [0.25, 0.3) is 5.91 Å². The Kier molecular flexibility index (Phi) is 4.48. The average Bonchev–Trinajstić information content (AvgIpc) is 3.34. The van der Waals surface area contributed by atoms with Crippen LogP contribution in [-0.4, -0.2) is 49.7 Å². The van der Waals surface area contributed by atoms with Gasteiger partial charge in [0.2, 0.25) is 0 Å². The van der Waals surface area contributed by atoms with Crippen LogP contribution in [0, 0.1) is 5.92 Å². The minimum Gasteiger partial charge on any atom is -0.370 e. The first-order valence-corrected chi connectivity index (χ1v) is 9.84. The number of carbonyl (C=O) groups excluding carboxylic acids is 1. The standard InChI is InChI=1S/C21H30N2O2/c1-16(2)9-12-23-14-21(17-7-3-4-8-18(17)23)13-19(25-15-21)20(24)22-10-5-6-11-22/h3-4,7-8,16,19H,5-6,9-15H2,1-2H3/t19-,21-/m1/s1. The normalized spacial score (nSPS) is 28.4. The summed E-state index contributed by atoms with van der Waals surface area (Å²) in [6, 6.07) is 8.74. The summed E-state index contributed by atoms with van der Waals surface area (Å²) in [6.45, 7) is 9.12. The van der Waals surface area contributed by atoms with Gasteiger partial charge in [-0.05, 0) is 43.2 Å². The Bertz CT molecular complexity index is 639. The third-order valence-corrected chi connectivity index (χ3v) is 6.12. The van der Waals surface area contributed by atoms with Crippen LogP contribution >= 0.6 is 0 Å². The number of carbonyl (C=O) groups is 1. The van der Waals surface area contributed by atoms with Crippen molar-refractivity contribution in [1.29, 1.82) is 0 Å². The molecule has 0 saturated carbocycles. The van der Waals surface area contributed by atoms with Gasteiger partial charge in [-0.2, -0.15) is 0 Å². The van der Waals surface area contributed by atoms with Crippen molar-refractivity contribution in [2.75, 3.05) is 37.7 Å². The predicted octanol–water partition coefficient (Wildman–Crippen LogP) is 3.20. The predicted molar refractivity (Wildman–Crippen MR) is 100.0 cm³/mol. The summed E-state index contributed by atoms with van der Waals surface area (Å²) < 4.78 is 6.08. The topological polar surface area (TPSA) is 32.8 Å². The SMILES string of the molecule is CC(C)CCN1C[C@]2(CO[C@@H](C(=O)N3CCCC3)C2)c2ccccc21. The molecule has 2 atom stereocenters. The molecule has 0 bridgehead atoms. The molecule has 2 saturated heterocycles. The van der Waals surface area contributed by atoms with Crippen LogP contribution in [0.3, 0.4) is 0 Å². The van der Waals surface area contributed by atoms with E-state index in [9.17, 15) is 4.79 Å². The van der Waals surface area contributed by atoms with E-state index in [0.717, 1.165) is 45.4 Å². The monoisotopic (exact) mass is 342 g/mol. The largest absolute Gasteiger partial charge is 0.370 e. The van der Waals surface area contributed by atoms with Gasteiger partial charge in [0.15, 0.2) is 0 Å². The van der Waals surface area contributed by atoms with Crippen LogP contribution in [0.15, 0.2) is 24.3 Å². The third kappa shape index (κ3) is 3.05. The van der Waals surface area contributed by atoms with E-state index < -0.39 is 0 Å². The summed E-state index contributed by atoms with van der Waals surface area (Å²) in [6.07, 6.45) is 4.04. The third-order valence-electron chi connectivity index (χ3n) is 6.12. The van der Waals surface area contributed by atoms with Gasteiger partial charge in [0, 0.05) is 37.3 Å². The summed E-state index contributed by atoms with van der Waals surface area (Å²) >= 11 is 0. The molecule has 1 aromatic rings. The van der Waals surface area contributed by atoms with Gasteiger partial charge in [-0.3, -0.25) is 4.79 Å². The highest BCUT2D eigenvalue weighted by Crippen LogP contribution is 2.47. The van der Waals surface area contributed by atoms with Crippen LogP contribution in [0.1, 0.15) is 45.1 Å². The Labute approximate surface area is 151 Å². The molecule has 0 radical (unpaired) electrons. The molecule has 1 aromatic carbocycles. The lowest BCUT2D eigenvalue weighted by atomic mass is 9.80. The number of nitrogens with zero attached hydrogens (tertiary/aromatic N) is 2. The second kappa shape index (κ2) is 6.64. The molecule has 3 aliphatic heterocycles. The number of para-hydroxylation sites is 1. The molecule has 0 aliphatic carbocycles. The molecule has 1 spiro atoms. The summed E-state index contributed by atoms with van der Waals surface area (Å²) in [5.41, 5.74) is 2.73. The van der Waals surface area contributed by atoms with Crippen molar-refractivity contribution in [3.8, 4) is 0 Å². The van der Waals surface area contributed by atoms with Crippen molar-refractivity contribution in [2.45, 2.75) is 51.0 Å². The summed E-state index contributed by atoms with van der Waals surface area (Å²) in [5, 5.41) is 0. The smallest absolute Gasteiger partial charge is 0.251 e. The Morgan fingerprint density at radius 3 is 2.80 bits per heavy atom. The second-order valence-corrected chi connectivity index (χ2v) is 8.44. The van der Waals surface area contributed by atoms with Gasteiger partial charge < -0.3 is 14.5 Å². The summed E-state index contributed by atoms with van der Waals surface area (Å²) in [7, 11) is 0. The first-order chi connectivity index (χ1) is 12.1. The van der Waals surface area contributed by atoms with E-state index in [2.05, 4.69) is 43.0 Å². The van der Waals surface area contributed by atoms with Crippen LogP contribution in [0.25, 0.3) is 0 Å². The van der Waals surface area contributed by atoms with Crippen molar-refractivity contribution >= 4 is 11.6 Å². The van der Waals surface area contributed by atoms with Crippen molar-refractivity contribution < 1.29 is 9.53 Å².